The molecule has 0 unspecified atom stereocenters. The molecule has 1 aliphatic carbocycles. The number of para-hydroxylation sites is 1. The van der Waals surface area contributed by atoms with Crippen LogP contribution in [0.5, 0.6) is 0 Å². The first-order valence-corrected chi connectivity index (χ1v) is 15.3. The zero-order valence-corrected chi connectivity index (χ0v) is 23.9. The zero-order valence-electron chi connectivity index (χ0n) is 23.9. The summed E-state index contributed by atoms with van der Waals surface area (Å²) >= 11 is 0. The summed E-state index contributed by atoms with van der Waals surface area (Å²) in [7, 11) is 0. The van der Waals surface area contributed by atoms with Crippen molar-refractivity contribution in [1.29, 1.82) is 0 Å². The molecule has 0 radical (unpaired) electrons. The Balaban J connectivity index is 1.28. The van der Waals surface area contributed by atoms with Crippen LogP contribution < -0.4 is 10.4 Å². The predicted molar refractivity (Wildman–Crippen MR) is 184 cm³/mol. The van der Waals surface area contributed by atoms with Gasteiger partial charge in [0.1, 0.15) is 22.3 Å². The van der Waals surface area contributed by atoms with E-state index in [1.165, 1.54) is 43.5 Å². The van der Waals surface area contributed by atoms with Gasteiger partial charge in [0.2, 0.25) is 0 Å². The number of rotatable bonds is 2. The summed E-state index contributed by atoms with van der Waals surface area (Å²) in [6.07, 6.45) is 6.97. The molecule has 0 atom stereocenters. The second-order valence-electron chi connectivity index (χ2n) is 11.9. The lowest BCUT2D eigenvalue weighted by Gasteiger charge is -2.17. The van der Waals surface area contributed by atoms with Crippen molar-refractivity contribution in [2.45, 2.75) is 12.8 Å². The van der Waals surface area contributed by atoms with E-state index in [0.29, 0.717) is 0 Å². The Kier molecular flexibility index (Phi) is 4.86. The third-order valence-corrected chi connectivity index (χ3v) is 9.46. The molecule has 44 heavy (non-hydrogen) atoms. The van der Waals surface area contributed by atoms with Gasteiger partial charge in [0.15, 0.2) is 0 Å². The molecule has 0 aliphatic heterocycles. The van der Waals surface area contributed by atoms with E-state index in [1.807, 2.05) is 12.1 Å². The minimum atomic E-state index is 0.895. The van der Waals surface area contributed by atoms with Crippen LogP contribution in [0.25, 0.3) is 99.8 Å². The fourth-order valence-corrected chi connectivity index (χ4v) is 7.52. The van der Waals surface area contributed by atoms with Crippen molar-refractivity contribution >= 4 is 77.6 Å². The van der Waals surface area contributed by atoms with Crippen molar-refractivity contribution in [3.05, 3.63) is 132 Å². The molecule has 2 heteroatoms. The Morgan fingerprint density at radius 1 is 0.386 bits per heavy atom. The quantitative estimate of drug-likeness (QED) is 0.209. The summed E-state index contributed by atoms with van der Waals surface area (Å²) in [5.74, 6) is 0. The van der Waals surface area contributed by atoms with E-state index >= 15 is 0 Å². The highest BCUT2D eigenvalue weighted by Gasteiger charge is 2.18. The van der Waals surface area contributed by atoms with E-state index in [9.17, 15) is 0 Å². The molecule has 0 saturated carbocycles. The molecular weight excluding hydrogens is 536 g/mol. The Labute approximate surface area is 252 Å². The van der Waals surface area contributed by atoms with Crippen molar-refractivity contribution in [2.75, 3.05) is 0 Å². The molecule has 9 aromatic rings. The van der Waals surface area contributed by atoms with E-state index in [4.69, 9.17) is 8.83 Å². The summed E-state index contributed by atoms with van der Waals surface area (Å²) in [4.78, 5) is 0. The van der Waals surface area contributed by atoms with Crippen molar-refractivity contribution in [2.24, 2.45) is 0 Å². The lowest BCUT2D eigenvalue weighted by molar-refractivity contribution is 0.669. The van der Waals surface area contributed by atoms with Crippen molar-refractivity contribution in [1.82, 2.24) is 0 Å². The van der Waals surface area contributed by atoms with E-state index in [0.717, 1.165) is 67.5 Å². The molecular formula is C42H26O2. The van der Waals surface area contributed by atoms with Crippen LogP contribution in [0, 0.1) is 0 Å². The molecule has 0 N–H and O–H groups in total. The van der Waals surface area contributed by atoms with Crippen LogP contribution >= 0.6 is 0 Å². The molecule has 206 valence electrons. The van der Waals surface area contributed by atoms with Crippen LogP contribution in [0.3, 0.4) is 0 Å². The van der Waals surface area contributed by atoms with Gasteiger partial charge >= 0.3 is 0 Å². The number of hydrogen-bond acceptors (Lipinski definition) is 2. The van der Waals surface area contributed by atoms with E-state index in [2.05, 4.69) is 121 Å². The lowest BCUT2D eigenvalue weighted by Crippen LogP contribution is -2.31. The first kappa shape index (κ1) is 23.9. The van der Waals surface area contributed by atoms with Gasteiger partial charge in [-0.25, -0.2) is 0 Å². The molecule has 10 rings (SSSR count). The standard InChI is InChI=1S/C42H26O2/c1-2-10-25(11-3-1)40-29-13-4-6-15-31(29)41(32-16-7-5-14-30(32)40)27-19-21-38-35(22-27)36-24-34-26(23-39(36)43-38)18-20-33-28-12-8-9-17-37(28)44-42(33)34/h1-4,6,8-24H,5,7H2. The van der Waals surface area contributed by atoms with Gasteiger partial charge < -0.3 is 8.83 Å². The van der Waals surface area contributed by atoms with Crippen molar-refractivity contribution in [3.63, 3.8) is 0 Å². The van der Waals surface area contributed by atoms with Crippen LogP contribution in [0.4, 0.5) is 0 Å². The molecule has 0 amide bonds. The largest absolute Gasteiger partial charge is 0.456 e. The Bertz CT molecular complexity index is 2760. The lowest BCUT2D eigenvalue weighted by atomic mass is 9.86. The predicted octanol–water partition coefficient (Wildman–Crippen LogP) is 10.5. The Morgan fingerprint density at radius 3 is 1.84 bits per heavy atom. The van der Waals surface area contributed by atoms with Gasteiger partial charge in [0.05, 0.1) is 0 Å². The van der Waals surface area contributed by atoms with Crippen LogP contribution in [0.1, 0.15) is 12.8 Å². The molecule has 0 saturated heterocycles. The highest BCUT2D eigenvalue weighted by atomic mass is 16.3. The van der Waals surface area contributed by atoms with Crippen LogP contribution in [-0.2, 0) is 0 Å². The fourth-order valence-electron chi connectivity index (χ4n) is 7.52. The van der Waals surface area contributed by atoms with Gasteiger partial charge in [-0.3, -0.25) is 0 Å². The Morgan fingerprint density at radius 2 is 1.05 bits per heavy atom. The number of benzene rings is 7. The molecule has 7 aromatic carbocycles. The SMILES string of the molecule is C1=c2c(-c3ccccc3)c3ccccc3c(-c3ccc4oc5cc6ccc7c8ccccc8oc7c6cc5c4c3)c2=CCC1. The van der Waals surface area contributed by atoms with Gasteiger partial charge in [-0.1, -0.05) is 97.1 Å². The first-order valence-electron chi connectivity index (χ1n) is 15.3. The summed E-state index contributed by atoms with van der Waals surface area (Å²) in [5.41, 5.74) is 8.73. The second kappa shape index (κ2) is 8.95. The minimum absolute atomic E-state index is 0.895. The molecule has 0 fully saturated rings. The molecule has 1 aliphatic rings. The van der Waals surface area contributed by atoms with Crippen molar-refractivity contribution in [3.8, 4) is 22.3 Å². The van der Waals surface area contributed by atoms with Gasteiger partial charge in [-0.2, -0.15) is 0 Å². The monoisotopic (exact) mass is 562 g/mol. The normalized spacial score (nSPS) is 13.2. The van der Waals surface area contributed by atoms with Crippen LogP contribution in [0.2, 0.25) is 0 Å². The smallest absolute Gasteiger partial charge is 0.143 e. The van der Waals surface area contributed by atoms with Crippen LogP contribution in [0.15, 0.2) is 130 Å². The number of furan rings is 2. The summed E-state index contributed by atoms with van der Waals surface area (Å²) in [5, 5.41) is 12.0. The topological polar surface area (TPSA) is 26.3 Å². The highest BCUT2D eigenvalue weighted by Crippen LogP contribution is 2.40. The zero-order chi connectivity index (χ0) is 28.8. The summed E-state index contributed by atoms with van der Waals surface area (Å²) in [6, 6.07) is 43.5. The molecule has 2 aromatic heterocycles. The van der Waals surface area contributed by atoms with E-state index in [-0.39, 0.29) is 0 Å². The molecule has 2 heterocycles. The summed E-state index contributed by atoms with van der Waals surface area (Å²) in [6.45, 7) is 0. The summed E-state index contributed by atoms with van der Waals surface area (Å²) < 4.78 is 12.9. The third kappa shape index (κ3) is 3.31. The van der Waals surface area contributed by atoms with Crippen molar-refractivity contribution < 1.29 is 8.83 Å². The fraction of sp³-hybridized carbons (Fsp3) is 0.0476. The molecule has 0 spiro atoms. The number of fused-ring (bicyclic) bond motifs is 10. The third-order valence-electron chi connectivity index (χ3n) is 9.46. The maximum Gasteiger partial charge on any atom is 0.143 e. The Hall–Kier alpha value is -5.60. The van der Waals surface area contributed by atoms with Gasteiger partial charge in [-0.05, 0) is 98.1 Å². The second-order valence-corrected chi connectivity index (χ2v) is 11.9. The average molecular weight is 563 g/mol. The van der Waals surface area contributed by atoms with E-state index < -0.39 is 0 Å². The molecule has 2 nitrogen and oxygen atoms in total. The van der Waals surface area contributed by atoms with Gasteiger partial charge in [-0.15, -0.1) is 0 Å². The first-order chi connectivity index (χ1) is 21.8. The maximum atomic E-state index is 6.45. The highest BCUT2D eigenvalue weighted by molar-refractivity contribution is 6.20. The molecule has 0 bridgehead atoms. The maximum absolute atomic E-state index is 6.45. The van der Waals surface area contributed by atoms with Gasteiger partial charge in [0, 0.05) is 26.9 Å². The minimum Gasteiger partial charge on any atom is -0.456 e. The van der Waals surface area contributed by atoms with Crippen LogP contribution in [-0.4, -0.2) is 0 Å². The van der Waals surface area contributed by atoms with Gasteiger partial charge in [0.25, 0.3) is 0 Å². The average Bonchev–Trinajstić information content (AvgIpc) is 3.64. The number of hydrogen-bond donors (Lipinski definition) is 0. The van der Waals surface area contributed by atoms with E-state index in [1.54, 1.807) is 0 Å².